The number of piperidine rings is 1. The molecule has 0 aromatic heterocycles. The van der Waals surface area contributed by atoms with Crippen LogP contribution in [0.5, 0.6) is 0 Å². The molecular weight excluding hydrogens is 200 g/mol. The number of benzene rings is 1. The van der Waals surface area contributed by atoms with E-state index in [-0.39, 0.29) is 5.60 Å². The van der Waals surface area contributed by atoms with E-state index in [1.165, 1.54) is 12.0 Å². The Kier molecular flexibility index (Phi) is 2.42. The summed E-state index contributed by atoms with van der Waals surface area (Å²) in [6.45, 7) is 2.00. The lowest BCUT2D eigenvalue weighted by atomic mass is 9.93. The molecule has 3 nitrogen and oxygen atoms in total. The van der Waals surface area contributed by atoms with Crippen LogP contribution in [-0.2, 0) is 4.84 Å². The maximum absolute atomic E-state index is 5.74. The van der Waals surface area contributed by atoms with Gasteiger partial charge in [0.2, 0.25) is 0 Å². The Morgan fingerprint density at radius 1 is 1.19 bits per heavy atom. The van der Waals surface area contributed by atoms with Gasteiger partial charge in [-0.2, -0.15) is 0 Å². The summed E-state index contributed by atoms with van der Waals surface area (Å²) >= 11 is 0. The van der Waals surface area contributed by atoms with Crippen molar-refractivity contribution in [3.05, 3.63) is 42.0 Å². The van der Waals surface area contributed by atoms with Gasteiger partial charge in [0.1, 0.15) is 5.60 Å². The van der Waals surface area contributed by atoms with Gasteiger partial charge in [-0.05, 0) is 31.0 Å². The number of hydroxylamine groups is 1. The molecule has 0 bridgehead atoms. The second kappa shape index (κ2) is 3.92. The first-order valence-electron chi connectivity index (χ1n) is 5.81. The van der Waals surface area contributed by atoms with Gasteiger partial charge in [-0.1, -0.05) is 30.3 Å². The molecular formula is C13H16N2O. The predicted octanol–water partition coefficient (Wildman–Crippen LogP) is 1.68. The average Bonchev–Trinajstić information content (AvgIpc) is 2.75. The third-order valence-corrected chi connectivity index (χ3v) is 3.23. The van der Waals surface area contributed by atoms with Gasteiger partial charge in [-0.3, -0.25) is 10.3 Å². The number of hydrogen-bond donors (Lipinski definition) is 2. The van der Waals surface area contributed by atoms with E-state index in [9.17, 15) is 0 Å². The van der Waals surface area contributed by atoms with Crippen LogP contribution in [0, 0.1) is 0 Å². The van der Waals surface area contributed by atoms with Crippen molar-refractivity contribution in [2.24, 2.45) is 0 Å². The van der Waals surface area contributed by atoms with Crippen molar-refractivity contribution in [1.82, 2.24) is 10.8 Å². The Balaban J connectivity index is 1.86. The molecule has 1 saturated heterocycles. The molecule has 1 unspecified atom stereocenters. The molecule has 0 radical (unpaired) electrons. The van der Waals surface area contributed by atoms with Gasteiger partial charge in [0, 0.05) is 6.54 Å². The standard InChI is InChI=1S/C13H16N2O/c1-2-5-11(6-3-1)12-9-13(16-15-12)7-4-8-14-10-13/h1-3,5-6,9,14-15H,4,7-8,10H2. The molecule has 0 amide bonds. The number of rotatable bonds is 1. The molecule has 16 heavy (non-hydrogen) atoms. The van der Waals surface area contributed by atoms with Crippen LogP contribution in [-0.4, -0.2) is 18.7 Å². The quantitative estimate of drug-likeness (QED) is 0.749. The van der Waals surface area contributed by atoms with Gasteiger partial charge in [0.25, 0.3) is 0 Å². The fourth-order valence-electron chi connectivity index (χ4n) is 2.35. The lowest BCUT2D eigenvalue weighted by molar-refractivity contribution is -0.0470. The highest BCUT2D eigenvalue weighted by molar-refractivity contribution is 5.65. The van der Waals surface area contributed by atoms with Crippen LogP contribution in [0.3, 0.4) is 0 Å². The van der Waals surface area contributed by atoms with E-state index in [1.54, 1.807) is 0 Å². The summed E-state index contributed by atoms with van der Waals surface area (Å²) in [5.74, 6) is 0. The zero-order chi connectivity index (χ0) is 10.8. The van der Waals surface area contributed by atoms with Crippen molar-refractivity contribution >= 4 is 5.70 Å². The third-order valence-electron chi connectivity index (χ3n) is 3.23. The van der Waals surface area contributed by atoms with Crippen LogP contribution >= 0.6 is 0 Å². The Morgan fingerprint density at radius 2 is 2.06 bits per heavy atom. The lowest BCUT2D eigenvalue weighted by Gasteiger charge is -2.30. The molecule has 1 aromatic rings. The van der Waals surface area contributed by atoms with Crippen molar-refractivity contribution in [3.63, 3.8) is 0 Å². The highest BCUT2D eigenvalue weighted by atomic mass is 16.7. The zero-order valence-electron chi connectivity index (χ0n) is 9.20. The first-order chi connectivity index (χ1) is 7.88. The van der Waals surface area contributed by atoms with Crippen LogP contribution in [0.25, 0.3) is 5.70 Å². The normalized spacial score (nSPS) is 28.9. The Morgan fingerprint density at radius 3 is 2.81 bits per heavy atom. The topological polar surface area (TPSA) is 33.3 Å². The molecule has 1 aromatic carbocycles. The summed E-state index contributed by atoms with van der Waals surface area (Å²) in [4.78, 5) is 5.74. The van der Waals surface area contributed by atoms with E-state index in [0.29, 0.717) is 0 Å². The molecule has 1 fully saturated rings. The largest absolute Gasteiger partial charge is 0.313 e. The molecule has 2 heterocycles. The van der Waals surface area contributed by atoms with Gasteiger partial charge in [0.05, 0.1) is 5.70 Å². The molecule has 1 spiro atoms. The Bertz CT molecular complexity index is 394. The summed E-state index contributed by atoms with van der Waals surface area (Å²) < 4.78 is 0. The van der Waals surface area contributed by atoms with E-state index >= 15 is 0 Å². The molecule has 1 atom stereocenters. The third kappa shape index (κ3) is 1.72. The highest BCUT2D eigenvalue weighted by Gasteiger charge is 2.36. The molecule has 3 heteroatoms. The van der Waals surface area contributed by atoms with E-state index in [0.717, 1.165) is 25.2 Å². The van der Waals surface area contributed by atoms with Crippen LogP contribution in [0.4, 0.5) is 0 Å². The first kappa shape index (κ1) is 9.87. The van der Waals surface area contributed by atoms with Gasteiger partial charge in [-0.25, -0.2) is 0 Å². The van der Waals surface area contributed by atoms with E-state index < -0.39 is 0 Å². The fraction of sp³-hybridized carbons (Fsp3) is 0.385. The molecule has 2 N–H and O–H groups in total. The predicted molar refractivity (Wildman–Crippen MR) is 63.5 cm³/mol. The number of nitrogens with one attached hydrogen (secondary N) is 2. The molecule has 84 valence electrons. The summed E-state index contributed by atoms with van der Waals surface area (Å²) in [6.07, 6.45) is 4.47. The van der Waals surface area contributed by atoms with E-state index in [2.05, 4.69) is 29.0 Å². The van der Waals surface area contributed by atoms with Crippen molar-refractivity contribution in [2.75, 3.05) is 13.1 Å². The SMILES string of the molecule is C1=C(c2ccccc2)NOC12CCCNC2. The minimum absolute atomic E-state index is 0.135. The summed E-state index contributed by atoms with van der Waals surface area (Å²) in [7, 11) is 0. The summed E-state index contributed by atoms with van der Waals surface area (Å²) in [5.41, 5.74) is 5.19. The minimum Gasteiger partial charge on any atom is -0.313 e. The van der Waals surface area contributed by atoms with Gasteiger partial charge >= 0.3 is 0 Å². The van der Waals surface area contributed by atoms with Crippen molar-refractivity contribution in [2.45, 2.75) is 18.4 Å². The van der Waals surface area contributed by atoms with E-state index in [4.69, 9.17) is 4.84 Å². The van der Waals surface area contributed by atoms with Gasteiger partial charge in [0.15, 0.2) is 0 Å². The monoisotopic (exact) mass is 216 g/mol. The maximum atomic E-state index is 5.74. The molecule has 2 aliphatic heterocycles. The lowest BCUT2D eigenvalue weighted by Crippen LogP contribution is -2.45. The van der Waals surface area contributed by atoms with Crippen molar-refractivity contribution in [1.29, 1.82) is 0 Å². The van der Waals surface area contributed by atoms with Gasteiger partial charge in [-0.15, -0.1) is 0 Å². The highest BCUT2D eigenvalue weighted by Crippen LogP contribution is 2.30. The van der Waals surface area contributed by atoms with E-state index in [1.807, 2.05) is 18.2 Å². The number of hydrogen-bond acceptors (Lipinski definition) is 3. The van der Waals surface area contributed by atoms with Crippen LogP contribution in [0.2, 0.25) is 0 Å². The van der Waals surface area contributed by atoms with Crippen LogP contribution in [0.15, 0.2) is 36.4 Å². The minimum atomic E-state index is -0.135. The Labute approximate surface area is 95.5 Å². The maximum Gasteiger partial charge on any atom is 0.129 e. The first-order valence-corrected chi connectivity index (χ1v) is 5.81. The van der Waals surface area contributed by atoms with Gasteiger partial charge < -0.3 is 5.32 Å². The van der Waals surface area contributed by atoms with Crippen LogP contribution in [0.1, 0.15) is 18.4 Å². The van der Waals surface area contributed by atoms with Crippen LogP contribution < -0.4 is 10.8 Å². The second-order valence-electron chi connectivity index (χ2n) is 4.47. The average molecular weight is 216 g/mol. The second-order valence-corrected chi connectivity index (χ2v) is 4.47. The smallest absolute Gasteiger partial charge is 0.129 e. The zero-order valence-corrected chi connectivity index (χ0v) is 9.20. The van der Waals surface area contributed by atoms with Crippen molar-refractivity contribution in [3.8, 4) is 0 Å². The molecule has 0 aliphatic carbocycles. The van der Waals surface area contributed by atoms with Crippen molar-refractivity contribution < 1.29 is 4.84 Å². The molecule has 2 aliphatic rings. The summed E-state index contributed by atoms with van der Waals surface area (Å²) in [5, 5.41) is 3.38. The fourth-order valence-corrected chi connectivity index (χ4v) is 2.35. The Hall–Kier alpha value is -1.32. The molecule has 3 rings (SSSR count). The summed E-state index contributed by atoms with van der Waals surface area (Å²) in [6, 6.07) is 10.3. The molecule has 0 saturated carbocycles.